The van der Waals surface area contributed by atoms with Gasteiger partial charge in [-0.25, -0.2) is 9.97 Å². The van der Waals surface area contributed by atoms with Gasteiger partial charge >= 0.3 is 5.97 Å². The van der Waals surface area contributed by atoms with Crippen LogP contribution in [0.5, 0.6) is 0 Å². The molecule has 2 saturated heterocycles. The smallest absolute Gasteiger partial charge is 0.323 e. The van der Waals surface area contributed by atoms with Gasteiger partial charge in [-0.3, -0.25) is 14.6 Å². The molecule has 0 amide bonds. The number of hydrogen-bond acceptors (Lipinski definition) is 7. The van der Waals surface area contributed by atoms with E-state index in [-0.39, 0.29) is 17.4 Å². The first-order chi connectivity index (χ1) is 18.0. The minimum absolute atomic E-state index is 0.0719. The number of piperidine rings is 1. The molecule has 9 heteroatoms. The van der Waals surface area contributed by atoms with Crippen molar-refractivity contribution < 1.29 is 9.53 Å². The number of benzene rings is 1. The number of carbonyl (C=O) groups is 1. The largest absolute Gasteiger partial charge is 0.465 e. The number of likely N-dealkylation sites (tertiary alicyclic amines) is 1. The molecule has 37 heavy (non-hydrogen) atoms. The second kappa shape index (κ2) is 11.6. The van der Waals surface area contributed by atoms with E-state index in [0.29, 0.717) is 13.2 Å². The van der Waals surface area contributed by atoms with Crippen LogP contribution in [-0.4, -0.2) is 67.6 Å². The molecule has 2 fully saturated rings. The van der Waals surface area contributed by atoms with Gasteiger partial charge in [0.25, 0.3) is 0 Å². The zero-order chi connectivity index (χ0) is 25.7. The van der Waals surface area contributed by atoms with Gasteiger partial charge in [0.05, 0.1) is 19.7 Å². The number of rotatable bonds is 10. The maximum Gasteiger partial charge on any atom is 0.323 e. The second-order valence-electron chi connectivity index (χ2n) is 10.6. The van der Waals surface area contributed by atoms with Crippen molar-refractivity contribution >= 4 is 5.97 Å². The van der Waals surface area contributed by atoms with E-state index in [4.69, 9.17) is 4.74 Å². The molecule has 5 rings (SSSR count). The number of H-pyrrole nitrogens is 1. The third-order valence-electron chi connectivity index (χ3n) is 7.86. The standard InChI is InChI=1S/C28H39N7O2/c1-3-37-27(36)24-16-28(8-10-29-11-9-28)21-35(24)18-23-6-4-22(5-7-23)17-34(19-25-30-12-13-31-25)20-26-32-14-15-33(26)2/h4-7,12-15,24,29H,3,8-11,16-21H2,1-2H3,(H,30,31). The third kappa shape index (κ3) is 6.29. The second-order valence-corrected chi connectivity index (χ2v) is 10.6. The number of aryl methyl sites for hydroxylation is 1. The van der Waals surface area contributed by atoms with E-state index in [2.05, 4.69) is 58.9 Å². The maximum atomic E-state index is 12.8. The molecule has 1 unspecified atom stereocenters. The number of ether oxygens (including phenoxy) is 1. The number of esters is 1. The molecular formula is C28H39N7O2. The van der Waals surface area contributed by atoms with Crippen LogP contribution in [0.1, 0.15) is 49.0 Å². The predicted molar refractivity (Wildman–Crippen MR) is 141 cm³/mol. The molecule has 0 aliphatic carbocycles. The Morgan fingerprint density at radius 2 is 1.89 bits per heavy atom. The van der Waals surface area contributed by atoms with Crippen LogP contribution in [-0.2, 0) is 42.8 Å². The van der Waals surface area contributed by atoms with Crippen LogP contribution in [0.25, 0.3) is 0 Å². The first kappa shape index (κ1) is 25.6. The quantitative estimate of drug-likeness (QED) is 0.410. The van der Waals surface area contributed by atoms with E-state index in [0.717, 1.165) is 70.2 Å². The van der Waals surface area contributed by atoms with E-state index in [1.54, 1.807) is 6.20 Å². The van der Waals surface area contributed by atoms with Gasteiger partial charge in [0.1, 0.15) is 17.7 Å². The Labute approximate surface area is 219 Å². The molecule has 9 nitrogen and oxygen atoms in total. The number of imidazole rings is 2. The average molecular weight is 506 g/mol. The van der Waals surface area contributed by atoms with E-state index >= 15 is 0 Å². The Morgan fingerprint density at radius 1 is 1.11 bits per heavy atom. The topological polar surface area (TPSA) is 91.3 Å². The fourth-order valence-corrected chi connectivity index (χ4v) is 5.86. The van der Waals surface area contributed by atoms with E-state index in [9.17, 15) is 4.79 Å². The molecule has 1 spiro atoms. The number of carbonyl (C=O) groups excluding carboxylic acids is 1. The summed E-state index contributed by atoms with van der Waals surface area (Å²) in [6.45, 7) is 8.35. The molecule has 1 aromatic carbocycles. The molecule has 0 radical (unpaired) electrons. The van der Waals surface area contributed by atoms with Crippen molar-refractivity contribution in [2.75, 3.05) is 26.2 Å². The van der Waals surface area contributed by atoms with E-state index < -0.39 is 0 Å². The monoisotopic (exact) mass is 505 g/mol. The number of aromatic nitrogens is 4. The van der Waals surface area contributed by atoms with Gasteiger partial charge in [0, 0.05) is 51.5 Å². The fraction of sp³-hybridized carbons (Fsp3) is 0.536. The summed E-state index contributed by atoms with van der Waals surface area (Å²) in [5.41, 5.74) is 2.69. The van der Waals surface area contributed by atoms with Crippen molar-refractivity contribution in [1.29, 1.82) is 0 Å². The summed E-state index contributed by atoms with van der Waals surface area (Å²) in [6, 6.07) is 8.67. The van der Waals surface area contributed by atoms with Crippen molar-refractivity contribution in [3.05, 3.63) is 71.8 Å². The molecule has 0 bridgehead atoms. The molecule has 2 N–H and O–H groups in total. The van der Waals surface area contributed by atoms with Gasteiger partial charge in [-0.15, -0.1) is 0 Å². The average Bonchev–Trinajstić information content (AvgIpc) is 3.63. The Hall–Kier alpha value is -3.01. The summed E-state index contributed by atoms with van der Waals surface area (Å²) >= 11 is 0. The highest BCUT2D eigenvalue weighted by molar-refractivity contribution is 5.76. The van der Waals surface area contributed by atoms with Crippen LogP contribution >= 0.6 is 0 Å². The summed E-state index contributed by atoms with van der Waals surface area (Å²) in [5, 5.41) is 3.47. The first-order valence-corrected chi connectivity index (χ1v) is 13.4. The highest BCUT2D eigenvalue weighted by atomic mass is 16.5. The lowest BCUT2D eigenvalue weighted by Crippen LogP contribution is -2.38. The highest BCUT2D eigenvalue weighted by Gasteiger charge is 2.47. The number of nitrogens with zero attached hydrogens (tertiary/aromatic N) is 5. The molecule has 198 valence electrons. The minimum atomic E-state index is -0.153. The van der Waals surface area contributed by atoms with Crippen LogP contribution in [0.2, 0.25) is 0 Å². The van der Waals surface area contributed by atoms with Gasteiger partial charge in [-0.1, -0.05) is 24.3 Å². The Bertz CT molecular complexity index is 1140. The van der Waals surface area contributed by atoms with Crippen molar-refractivity contribution in [3.8, 4) is 0 Å². The first-order valence-electron chi connectivity index (χ1n) is 13.4. The highest BCUT2D eigenvalue weighted by Crippen LogP contribution is 2.42. The lowest BCUT2D eigenvalue weighted by atomic mass is 9.77. The Morgan fingerprint density at radius 3 is 2.57 bits per heavy atom. The van der Waals surface area contributed by atoms with Crippen LogP contribution in [0.4, 0.5) is 0 Å². The lowest BCUT2D eigenvalue weighted by Gasteiger charge is -2.33. The third-order valence-corrected chi connectivity index (χ3v) is 7.86. The Balaban J connectivity index is 1.26. The molecule has 3 aromatic rings. The van der Waals surface area contributed by atoms with Crippen LogP contribution < -0.4 is 5.32 Å². The summed E-state index contributed by atoms with van der Waals surface area (Å²) in [4.78, 5) is 29.7. The van der Waals surface area contributed by atoms with Crippen molar-refractivity contribution in [2.24, 2.45) is 12.5 Å². The molecule has 4 heterocycles. The van der Waals surface area contributed by atoms with Crippen LogP contribution in [0.3, 0.4) is 0 Å². The van der Waals surface area contributed by atoms with Crippen molar-refractivity contribution in [3.63, 3.8) is 0 Å². The number of hydrogen-bond donors (Lipinski definition) is 2. The molecular weight excluding hydrogens is 466 g/mol. The van der Waals surface area contributed by atoms with Crippen LogP contribution in [0.15, 0.2) is 49.1 Å². The van der Waals surface area contributed by atoms with Gasteiger partial charge in [-0.05, 0) is 55.8 Å². The summed E-state index contributed by atoms with van der Waals surface area (Å²) < 4.78 is 7.53. The maximum absolute atomic E-state index is 12.8. The van der Waals surface area contributed by atoms with Crippen molar-refractivity contribution in [1.82, 2.24) is 34.6 Å². The SMILES string of the molecule is CCOC(=O)C1CC2(CCNCC2)CN1Cc1ccc(CN(Cc2ncc[nH]2)Cc2nccn2C)cc1. The predicted octanol–water partition coefficient (Wildman–Crippen LogP) is 2.85. The minimum Gasteiger partial charge on any atom is -0.465 e. The fourth-order valence-electron chi connectivity index (χ4n) is 5.86. The van der Waals surface area contributed by atoms with Crippen LogP contribution in [0, 0.1) is 5.41 Å². The molecule has 2 aromatic heterocycles. The molecule has 0 saturated carbocycles. The van der Waals surface area contributed by atoms with Gasteiger partial charge in [0.15, 0.2) is 0 Å². The zero-order valence-corrected chi connectivity index (χ0v) is 22.0. The summed E-state index contributed by atoms with van der Waals surface area (Å²) in [5.74, 6) is 1.89. The zero-order valence-electron chi connectivity index (χ0n) is 22.0. The summed E-state index contributed by atoms with van der Waals surface area (Å²) in [6.07, 6.45) is 10.6. The lowest BCUT2D eigenvalue weighted by molar-refractivity contribution is -0.148. The van der Waals surface area contributed by atoms with Crippen molar-refractivity contribution in [2.45, 2.75) is 58.4 Å². The molecule has 1 atom stereocenters. The number of nitrogens with one attached hydrogen (secondary N) is 2. The van der Waals surface area contributed by atoms with E-state index in [1.807, 2.05) is 32.6 Å². The molecule has 2 aliphatic rings. The molecule has 2 aliphatic heterocycles. The van der Waals surface area contributed by atoms with E-state index in [1.165, 1.54) is 11.1 Å². The number of aromatic amines is 1. The Kier molecular flexibility index (Phi) is 8.02. The van der Waals surface area contributed by atoms with Gasteiger partial charge < -0.3 is 19.6 Å². The van der Waals surface area contributed by atoms with Gasteiger partial charge in [0.2, 0.25) is 0 Å². The van der Waals surface area contributed by atoms with Gasteiger partial charge in [-0.2, -0.15) is 0 Å². The summed E-state index contributed by atoms with van der Waals surface area (Å²) in [7, 11) is 2.03. The normalized spacial score (nSPS) is 19.6.